The molecule has 1 atom stereocenters. The molecule has 1 amide bonds. The summed E-state index contributed by atoms with van der Waals surface area (Å²) in [5.41, 5.74) is 0.843. The van der Waals surface area contributed by atoms with E-state index in [2.05, 4.69) is 15.3 Å². The molecule has 98 valence electrons. The highest BCUT2D eigenvalue weighted by Gasteiger charge is 2.22. The molecule has 0 unspecified atom stereocenters. The number of hydrogen-bond acceptors (Lipinski definition) is 5. The van der Waals surface area contributed by atoms with E-state index in [0.29, 0.717) is 19.6 Å². The molecule has 0 aliphatic carbocycles. The number of amides is 1. The molecule has 1 N–H and O–H groups in total. The second-order valence-electron chi connectivity index (χ2n) is 4.48. The van der Waals surface area contributed by atoms with Crippen LogP contribution < -0.4 is 5.32 Å². The molecule has 1 aliphatic heterocycles. The number of carbonyl (C=O) groups is 1. The Balaban J connectivity index is 1.96. The molecule has 0 aromatic carbocycles. The first-order chi connectivity index (χ1) is 8.69. The Bertz CT molecular complexity index is 424. The van der Waals surface area contributed by atoms with Crippen molar-refractivity contribution in [2.75, 3.05) is 26.0 Å². The van der Waals surface area contributed by atoms with Gasteiger partial charge >= 0.3 is 0 Å². The smallest absolute Gasteiger partial charge is 0.222 e. The lowest BCUT2D eigenvalue weighted by molar-refractivity contribution is -0.132. The first-order valence-corrected chi connectivity index (χ1v) is 5.99. The van der Waals surface area contributed by atoms with Crippen LogP contribution in [-0.4, -0.2) is 47.5 Å². The van der Waals surface area contributed by atoms with Crippen LogP contribution in [-0.2, 0) is 16.1 Å². The van der Waals surface area contributed by atoms with Crippen LogP contribution in [0.1, 0.15) is 18.5 Å². The van der Waals surface area contributed by atoms with Crippen molar-refractivity contribution in [1.29, 1.82) is 0 Å². The third kappa shape index (κ3) is 3.16. The minimum atomic E-state index is 0.204. The number of methoxy groups -OCH3 is 1. The van der Waals surface area contributed by atoms with Crippen molar-refractivity contribution in [2.24, 2.45) is 0 Å². The average molecular weight is 250 g/mol. The predicted molar refractivity (Wildman–Crippen MR) is 67.0 cm³/mol. The Hall–Kier alpha value is -1.69. The summed E-state index contributed by atoms with van der Waals surface area (Å²) in [6.07, 6.45) is 2.95. The van der Waals surface area contributed by atoms with Crippen molar-refractivity contribution in [2.45, 2.75) is 25.5 Å². The number of likely N-dealkylation sites (tertiary alicyclic amines) is 1. The third-order valence-electron chi connectivity index (χ3n) is 2.99. The van der Waals surface area contributed by atoms with Gasteiger partial charge in [0.25, 0.3) is 0 Å². The summed E-state index contributed by atoms with van der Waals surface area (Å²) in [4.78, 5) is 21.4. The maximum Gasteiger partial charge on any atom is 0.222 e. The van der Waals surface area contributed by atoms with Crippen LogP contribution in [0.3, 0.4) is 0 Å². The SMILES string of the molecule is COCc1cc(N[C@H]2CCC(=O)N(C)C2)ncn1. The average Bonchev–Trinajstić information content (AvgIpc) is 2.35. The number of likely N-dealkylation sites (N-methyl/N-ethyl adjacent to an activating group) is 1. The number of piperidine rings is 1. The fourth-order valence-electron chi connectivity index (χ4n) is 2.04. The van der Waals surface area contributed by atoms with Gasteiger partial charge in [-0.2, -0.15) is 0 Å². The number of anilines is 1. The molecule has 6 heteroatoms. The lowest BCUT2D eigenvalue weighted by Gasteiger charge is -2.30. The molecular formula is C12H18N4O2. The summed E-state index contributed by atoms with van der Waals surface area (Å²) >= 11 is 0. The minimum absolute atomic E-state index is 0.204. The fraction of sp³-hybridized carbons (Fsp3) is 0.583. The van der Waals surface area contributed by atoms with Crippen molar-refractivity contribution in [3.63, 3.8) is 0 Å². The Morgan fingerprint density at radius 2 is 2.39 bits per heavy atom. The first kappa shape index (κ1) is 12.8. The van der Waals surface area contributed by atoms with Crippen LogP contribution in [0.5, 0.6) is 0 Å². The van der Waals surface area contributed by atoms with Gasteiger partial charge in [-0.05, 0) is 6.42 Å². The van der Waals surface area contributed by atoms with Gasteiger partial charge in [0.1, 0.15) is 12.1 Å². The molecule has 0 saturated carbocycles. The van der Waals surface area contributed by atoms with Crippen LogP contribution in [0, 0.1) is 0 Å². The van der Waals surface area contributed by atoms with E-state index >= 15 is 0 Å². The third-order valence-corrected chi connectivity index (χ3v) is 2.99. The second kappa shape index (κ2) is 5.77. The summed E-state index contributed by atoms with van der Waals surface area (Å²) < 4.78 is 5.03. The van der Waals surface area contributed by atoms with E-state index in [9.17, 15) is 4.79 Å². The monoisotopic (exact) mass is 250 g/mol. The molecule has 0 spiro atoms. The molecule has 2 heterocycles. The number of nitrogens with zero attached hydrogens (tertiary/aromatic N) is 3. The zero-order valence-corrected chi connectivity index (χ0v) is 10.7. The van der Waals surface area contributed by atoms with E-state index in [1.54, 1.807) is 12.0 Å². The predicted octanol–water partition coefficient (Wildman–Crippen LogP) is 0.656. The van der Waals surface area contributed by atoms with Crippen molar-refractivity contribution >= 4 is 11.7 Å². The molecular weight excluding hydrogens is 232 g/mol. The van der Waals surface area contributed by atoms with Crippen molar-refractivity contribution in [3.8, 4) is 0 Å². The Kier molecular flexibility index (Phi) is 4.09. The summed E-state index contributed by atoms with van der Waals surface area (Å²) in [6.45, 7) is 1.18. The van der Waals surface area contributed by atoms with E-state index in [0.717, 1.165) is 17.9 Å². The number of hydrogen-bond donors (Lipinski definition) is 1. The van der Waals surface area contributed by atoms with Gasteiger partial charge in [0.05, 0.1) is 12.3 Å². The topological polar surface area (TPSA) is 67.3 Å². The molecule has 1 saturated heterocycles. The highest BCUT2D eigenvalue weighted by atomic mass is 16.5. The van der Waals surface area contributed by atoms with E-state index in [4.69, 9.17) is 4.74 Å². The van der Waals surface area contributed by atoms with Crippen molar-refractivity contribution in [3.05, 3.63) is 18.1 Å². The summed E-state index contributed by atoms with van der Waals surface area (Å²) in [5, 5.41) is 3.33. The van der Waals surface area contributed by atoms with Crippen LogP contribution in [0.15, 0.2) is 12.4 Å². The second-order valence-corrected chi connectivity index (χ2v) is 4.48. The van der Waals surface area contributed by atoms with Crippen molar-refractivity contribution < 1.29 is 9.53 Å². The van der Waals surface area contributed by atoms with Gasteiger partial charge in [0, 0.05) is 39.2 Å². The molecule has 18 heavy (non-hydrogen) atoms. The standard InChI is InChI=1S/C12H18N4O2/c1-16-6-9(3-4-12(16)17)15-11-5-10(7-18-2)13-8-14-11/h5,8-9H,3-4,6-7H2,1-2H3,(H,13,14,15)/t9-/m0/s1. The number of carbonyl (C=O) groups excluding carboxylic acids is 1. The number of aromatic nitrogens is 2. The fourth-order valence-corrected chi connectivity index (χ4v) is 2.04. The zero-order chi connectivity index (χ0) is 13.0. The quantitative estimate of drug-likeness (QED) is 0.850. The van der Waals surface area contributed by atoms with Crippen molar-refractivity contribution in [1.82, 2.24) is 14.9 Å². The van der Waals surface area contributed by atoms with Gasteiger partial charge in [-0.25, -0.2) is 9.97 Å². The zero-order valence-electron chi connectivity index (χ0n) is 10.7. The summed E-state index contributed by atoms with van der Waals surface area (Å²) in [7, 11) is 3.46. The van der Waals surface area contributed by atoms with Gasteiger partial charge < -0.3 is 15.0 Å². The number of ether oxygens (including phenoxy) is 1. The normalized spacial score (nSPS) is 20.0. The van der Waals surface area contributed by atoms with Crippen LogP contribution in [0.2, 0.25) is 0 Å². The number of nitrogens with one attached hydrogen (secondary N) is 1. The lowest BCUT2D eigenvalue weighted by atomic mass is 10.1. The van der Waals surface area contributed by atoms with Crippen LogP contribution in [0.4, 0.5) is 5.82 Å². The molecule has 6 nitrogen and oxygen atoms in total. The maximum absolute atomic E-state index is 11.4. The molecule has 1 aromatic heterocycles. The Morgan fingerprint density at radius 3 is 3.11 bits per heavy atom. The Morgan fingerprint density at radius 1 is 1.56 bits per heavy atom. The minimum Gasteiger partial charge on any atom is -0.378 e. The highest BCUT2D eigenvalue weighted by Crippen LogP contribution is 2.14. The van der Waals surface area contributed by atoms with Gasteiger partial charge in [0.2, 0.25) is 5.91 Å². The summed E-state index contributed by atoms with van der Waals surface area (Å²) in [5.74, 6) is 0.987. The Labute approximate surface area is 106 Å². The van der Waals surface area contributed by atoms with Gasteiger partial charge in [-0.1, -0.05) is 0 Å². The molecule has 1 aromatic rings. The van der Waals surface area contributed by atoms with Crippen LogP contribution in [0.25, 0.3) is 0 Å². The van der Waals surface area contributed by atoms with E-state index < -0.39 is 0 Å². The molecule has 0 radical (unpaired) electrons. The largest absolute Gasteiger partial charge is 0.378 e. The highest BCUT2D eigenvalue weighted by molar-refractivity contribution is 5.77. The van der Waals surface area contributed by atoms with Gasteiger partial charge in [0.15, 0.2) is 0 Å². The van der Waals surface area contributed by atoms with E-state index in [-0.39, 0.29) is 11.9 Å². The van der Waals surface area contributed by atoms with Gasteiger partial charge in [-0.3, -0.25) is 4.79 Å². The molecule has 1 aliphatic rings. The molecule has 2 rings (SSSR count). The lowest BCUT2D eigenvalue weighted by Crippen LogP contribution is -2.43. The molecule has 1 fully saturated rings. The summed E-state index contributed by atoms with van der Waals surface area (Å²) in [6, 6.07) is 2.12. The first-order valence-electron chi connectivity index (χ1n) is 5.99. The molecule has 0 bridgehead atoms. The number of rotatable bonds is 4. The van der Waals surface area contributed by atoms with E-state index in [1.165, 1.54) is 6.33 Å². The van der Waals surface area contributed by atoms with Crippen LogP contribution >= 0.6 is 0 Å². The van der Waals surface area contributed by atoms with Gasteiger partial charge in [-0.15, -0.1) is 0 Å². The van der Waals surface area contributed by atoms with E-state index in [1.807, 2.05) is 13.1 Å². The maximum atomic E-state index is 11.4.